The van der Waals surface area contributed by atoms with Crippen molar-refractivity contribution in [1.29, 1.82) is 0 Å². The minimum Gasteiger partial charge on any atom is -0.365 e. The minimum atomic E-state index is -4.72. The van der Waals surface area contributed by atoms with Crippen molar-refractivity contribution in [2.75, 3.05) is 33.6 Å². The van der Waals surface area contributed by atoms with Crippen LogP contribution >= 0.6 is 12.4 Å². The Hall–Kier alpha value is -3.58. The zero-order chi connectivity index (χ0) is 25.4. The van der Waals surface area contributed by atoms with Crippen LogP contribution in [0.15, 0.2) is 48.7 Å². The lowest BCUT2D eigenvalue weighted by Gasteiger charge is -2.21. The van der Waals surface area contributed by atoms with Gasteiger partial charge in [0.1, 0.15) is 11.4 Å². The molecule has 3 aromatic rings. The smallest absolute Gasteiger partial charge is 0.365 e. The van der Waals surface area contributed by atoms with Gasteiger partial charge in [-0.3, -0.25) is 9.10 Å². The second-order valence-corrected chi connectivity index (χ2v) is 9.90. The molecule has 2 heterocycles. The Morgan fingerprint density at radius 2 is 1.89 bits per heavy atom. The fourth-order valence-electron chi connectivity index (χ4n) is 3.55. The van der Waals surface area contributed by atoms with E-state index in [9.17, 15) is 26.4 Å². The van der Waals surface area contributed by atoms with E-state index in [2.05, 4.69) is 25.9 Å². The molecule has 0 spiro atoms. The van der Waals surface area contributed by atoms with Gasteiger partial charge >= 0.3 is 6.18 Å². The summed E-state index contributed by atoms with van der Waals surface area (Å²) in [6.07, 6.45) is -2.81. The molecule has 0 radical (unpaired) electrons. The Morgan fingerprint density at radius 3 is 2.58 bits per heavy atom. The van der Waals surface area contributed by atoms with E-state index in [0.717, 1.165) is 16.1 Å². The van der Waals surface area contributed by atoms with Gasteiger partial charge in [0, 0.05) is 31.2 Å². The lowest BCUT2D eigenvalue weighted by Crippen LogP contribution is -2.26. The van der Waals surface area contributed by atoms with Gasteiger partial charge < -0.3 is 16.0 Å². The molecule has 9 nitrogen and oxygen atoms in total. The van der Waals surface area contributed by atoms with E-state index in [1.165, 1.54) is 7.05 Å². The highest BCUT2D eigenvalue weighted by atomic mass is 35.5. The van der Waals surface area contributed by atoms with Crippen LogP contribution in [0.25, 0.3) is 0 Å². The molecular weight excluding hydrogens is 521 g/mol. The standard InChI is InChI=1S/C22H21F3N6O3S.ClH/c1-31(35(2,33)34)18-6-4-3-5-13(18)11-26-20-16(22(23,24)25)12-27-21(30-20)28-15-7-8-17-14(9-15)10-19(32)29-17;/h3-9,12H,10-11H2,1-2H3,(H,29,32)(H2,26,27,28,30);1H. The third-order valence-electron chi connectivity index (χ3n) is 5.36. The third kappa shape index (κ3) is 5.97. The molecule has 0 saturated heterocycles. The zero-order valence-corrected chi connectivity index (χ0v) is 20.7. The van der Waals surface area contributed by atoms with Crippen molar-refractivity contribution in [3.63, 3.8) is 0 Å². The minimum absolute atomic E-state index is 0. The van der Waals surface area contributed by atoms with E-state index < -0.39 is 27.6 Å². The summed E-state index contributed by atoms with van der Waals surface area (Å²) in [5.74, 6) is -0.694. The number of carbonyl (C=O) groups excluding carboxylic acids is 1. The van der Waals surface area contributed by atoms with Crippen molar-refractivity contribution in [3.8, 4) is 0 Å². The van der Waals surface area contributed by atoms with Crippen LogP contribution in [-0.2, 0) is 34.0 Å². The van der Waals surface area contributed by atoms with Crippen LogP contribution in [0.5, 0.6) is 0 Å². The topological polar surface area (TPSA) is 116 Å². The van der Waals surface area contributed by atoms with Crippen LogP contribution in [0.4, 0.5) is 42.0 Å². The van der Waals surface area contributed by atoms with Crippen LogP contribution in [0, 0.1) is 0 Å². The number of alkyl halides is 3. The average Bonchev–Trinajstić information content (AvgIpc) is 3.15. The van der Waals surface area contributed by atoms with Gasteiger partial charge in [0.25, 0.3) is 0 Å². The van der Waals surface area contributed by atoms with Crippen molar-refractivity contribution in [3.05, 3.63) is 65.4 Å². The number of sulfonamides is 1. The number of halogens is 4. The molecule has 0 unspecified atom stereocenters. The van der Waals surface area contributed by atoms with Gasteiger partial charge in [-0.25, -0.2) is 13.4 Å². The first-order chi connectivity index (χ1) is 16.4. The summed E-state index contributed by atoms with van der Waals surface area (Å²) in [6.45, 7) is -0.123. The van der Waals surface area contributed by atoms with Crippen molar-refractivity contribution < 1.29 is 26.4 Å². The van der Waals surface area contributed by atoms with Crippen LogP contribution in [0.3, 0.4) is 0 Å². The van der Waals surface area contributed by atoms with Crippen LogP contribution in [-0.4, -0.2) is 37.6 Å². The average molecular weight is 543 g/mol. The largest absolute Gasteiger partial charge is 0.421 e. The van der Waals surface area contributed by atoms with Crippen molar-refractivity contribution in [2.45, 2.75) is 19.1 Å². The van der Waals surface area contributed by atoms with Crippen LogP contribution in [0.1, 0.15) is 16.7 Å². The Labute approximate surface area is 211 Å². The van der Waals surface area contributed by atoms with E-state index in [1.807, 2.05) is 0 Å². The molecule has 3 N–H and O–H groups in total. The first-order valence-corrected chi connectivity index (χ1v) is 12.2. The molecule has 4 rings (SSSR count). The monoisotopic (exact) mass is 542 g/mol. The second-order valence-electron chi connectivity index (χ2n) is 7.89. The van der Waals surface area contributed by atoms with Gasteiger partial charge in [0.15, 0.2) is 0 Å². The van der Waals surface area contributed by atoms with E-state index in [1.54, 1.807) is 42.5 Å². The first kappa shape index (κ1) is 27.0. The summed E-state index contributed by atoms with van der Waals surface area (Å²) in [5, 5.41) is 8.23. The Morgan fingerprint density at radius 1 is 1.17 bits per heavy atom. The molecule has 0 aliphatic carbocycles. The zero-order valence-electron chi connectivity index (χ0n) is 19.0. The second kappa shape index (κ2) is 10.2. The Balaban J connectivity index is 0.00000361. The number of hydrogen-bond acceptors (Lipinski definition) is 7. The molecule has 1 aromatic heterocycles. The van der Waals surface area contributed by atoms with E-state index >= 15 is 0 Å². The molecule has 2 aromatic carbocycles. The normalized spacial score (nSPS) is 12.9. The maximum atomic E-state index is 13.6. The number of hydrogen-bond donors (Lipinski definition) is 3. The number of aromatic nitrogens is 2. The predicted octanol–water partition coefficient (Wildman–Crippen LogP) is 4.16. The summed E-state index contributed by atoms with van der Waals surface area (Å²) in [4.78, 5) is 19.4. The molecule has 0 atom stereocenters. The quantitative estimate of drug-likeness (QED) is 0.410. The summed E-state index contributed by atoms with van der Waals surface area (Å²) in [5.41, 5.74) is 1.64. The molecule has 14 heteroatoms. The number of nitrogens with one attached hydrogen (secondary N) is 3. The number of amides is 1. The Bertz CT molecular complexity index is 1400. The van der Waals surface area contributed by atoms with Crippen molar-refractivity contribution in [2.24, 2.45) is 0 Å². The molecular formula is C22H22ClF3N6O3S. The molecule has 192 valence electrons. The number of benzene rings is 2. The third-order valence-corrected chi connectivity index (χ3v) is 6.55. The van der Waals surface area contributed by atoms with E-state index in [0.29, 0.717) is 28.8 Å². The summed E-state index contributed by atoms with van der Waals surface area (Å²) in [7, 11) is -2.21. The van der Waals surface area contributed by atoms with Gasteiger partial charge in [0.05, 0.1) is 18.4 Å². The predicted molar refractivity (Wildman–Crippen MR) is 133 cm³/mol. The summed E-state index contributed by atoms with van der Waals surface area (Å²) < 4.78 is 65.8. The van der Waals surface area contributed by atoms with Gasteiger partial charge in [0.2, 0.25) is 21.9 Å². The molecule has 1 amide bonds. The highest BCUT2D eigenvalue weighted by Gasteiger charge is 2.35. The van der Waals surface area contributed by atoms with Gasteiger partial charge in [-0.15, -0.1) is 12.4 Å². The number of nitrogens with zero attached hydrogens (tertiary/aromatic N) is 3. The molecule has 1 aliphatic heterocycles. The Kier molecular flexibility index (Phi) is 7.65. The fourth-order valence-corrected chi connectivity index (χ4v) is 4.08. The molecule has 0 saturated carbocycles. The maximum absolute atomic E-state index is 13.6. The van der Waals surface area contributed by atoms with Crippen LogP contribution < -0.4 is 20.3 Å². The molecule has 36 heavy (non-hydrogen) atoms. The van der Waals surface area contributed by atoms with Gasteiger partial charge in [-0.1, -0.05) is 18.2 Å². The lowest BCUT2D eigenvalue weighted by molar-refractivity contribution is -0.137. The van der Waals surface area contributed by atoms with Crippen molar-refractivity contribution in [1.82, 2.24) is 9.97 Å². The summed E-state index contributed by atoms with van der Waals surface area (Å²) >= 11 is 0. The van der Waals surface area contributed by atoms with Gasteiger partial charge in [-0.2, -0.15) is 18.2 Å². The number of rotatable bonds is 7. The van der Waals surface area contributed by atoms with Crippen molar-refractivity contribution >= 4 is 57.2 Å². The van der Waals surface area contributed by atoms with E-state index in [-0.39, 0.29) is 37.2 Å². The number of anilines is 5. The summed E-state index contributed by atoms with van der Waals surface area (Å²) in [6, 6.07) is 11.5. The number of carbonyl (C=O) groups is 1. The van der Waals surface area contributed by atoms with Crippen LogP contribution in [0.2, 0.25) is 0 Å². The fraction of sp³-hybridized carbons (Fsp3) is 0.227. The number of para-hydroxylation sites is 1. The SMILES string of the molecule is CN(c1ccccc1CNc1nc(Nc2ccc3c(c2)CC(=O)N3)ncc1C(F)(F)F)S(C)(=O)=O.Cl. The van der Waals surface area contributed by atoms with E-state index in [4.69, 9.17) is 0 Å². The molecule has 0 bridgehead atoms. The van der Waals surface area contributed by atoms with Gasteiger partial charge in [-0.05, 0) is 35.4 Å². The molecule has 0 fully saturated rings. The highest BCUT2D eigenvalue weighted by molar-refractivity contribution is 7.92. The lowest BCUT2D eigenvalue weighted by atomic mass is 10.1. The molecule has 1 aliphatic rings. The highest BCUT2D eigenvalue weighted by Crippen LogP contribution is 2.35. The number of fused-ring (bicyclic) bond motifs is 1. The first-order valence-electron chi connectivity index (χ1n) is 10.3. The maximum Gasteiger partial charge on any atom is 0.421 e.